The second-order valence-corrected chi connectivity index (χ2v) is 29.2. The number of nitrogens with zero attached hydrogens (tertiary/aromatic N) is 6. The summed E-state index contributed by atoms with van der Waals surface area (Å²) in [5.74, 6) is 2.64. The van der Waals surface area contributed by atoms with E-state index in [4.69, 9.17) is 23.0 Å². The number of fused-ring (bicyclic) bond motifs is 3. The Balaban J connectivity index is 0.000000143. The first kappa shape index (κ1) is 67.0. The van der Waals surface area contributed by atoms with E-state index in [1.807, 2.05) is 39.8 Å². The van der Waals surface area contributed by atoms with E-state index < -0.39 is 42.8 Å². The molecule has 0 spiro atoms. The van der Waals surface area contributed by atoms with Crippen LogP contribution in [0.25, 0.3) is 66.5 Å². The van der Waals surface area contributed by atoms with Gasteiger partial charge < -0.3 is 53.9 Å². The highest BCUT2D eigenvalue weighted by molar-refractivity contribution is 7.90. The summed E-state index contributed by atoms with van der Waals surface area (Å²) in [5.41, 5.74) is 8.60. The highest BCUT2D eigenvalue weighted by Gasteiger charge is 2.33. The van der Waals surface area contributed by atoms with E-state index >= 15 is 0 Å². The molecule has 3 saturated carbocycles. The van der Waals surface area contributed by atoms with Crippen LogP contribution in [0, 0.1) is 41.5 Å². The van der Waals surface area contributed by atoms with Gasteiger partial charge in [-0.2, -0.15) is 13.2 Å². The Morgan fingerprint density at radius 3 is 1.17 bits per heavy atom. The van der Waals surface area contributed by atoms with E-state index in [2.05, 4.69) is 75.5 Å². The van der Waals surface area contributed by atoms with Crippen molar-refractivity contribution in [3.05, 3.63) is 70.8 Å². The molecule has 0 radical (unpaired) electrons. The number of imidazole rings is 3. The zero-order chi connectivity index (χ0) is 66.0. The fraction of sp³-hybridized carbons (Fsp3) is 0.508. The number of anilines is 3. The molecule has 502 valence electrons. The number of aromatic nitrogens is 9. The molecule has 32 heteroatoms. The molecule has 1 atom stereocenters. The zero-order valence-corrected chi connectivity index (χ0v) is 55.2. The summed E-state index contributed by atoms with van der Waals surface area (Å²) in [6.45, 7) is 11.9. The quantitative estimate of drug-likeness (QED) is 0.0302. The lowest BCUT2D eigenvalue weighted by Gasteiger charge is -2.14. The number of nitrogens with one attached hydrogen (secondary N) is 9. The number of aromatic amines is 3. The van der Waals surface area contributed by atoms with Gasteiger partial charge in [0.25, 0.3) is 0 Å². The van der Waals surface area contributed by atoms with Crippen molar-refractivity contribution >= 4 is 81.0 Å². The van der Waals surface area contributed by atoms with Gasteiger partial charge in [-0.05, 0) is 146 Å². The summed E-state index contributed by atoms with van der Waals surface area (Å²) >= 11 is 0. The van der Waals surface area contributed by atoms with Crippen LogP contribution in [0.3, 0.4) is 0 Å². The molecule has 4 fully saturated rings. The van der Waals surface area contributed by atoms with E-state index in [1.54, 1.807) is 39.2 Å². The number of methoxy groups -OCH3 is 1. The number of rotatable bonds is 21. The first-order valence-corrected chi connectivity index (χ1v) is 35.6. The lowest BCUT2D eigenvalue weighted by molar-refractivity contribution is -0.115. The van der Waals surface area contributed by atoms with Crippen LogP contribution in [-0.2, 0) is 39.5 Å². The Morgan fingerprint density at radius 2 is 0.860 bits per heavy atom. The molecule has 0 amide bonds. The maximum Gasteiger partial charge on any atom is 0.405 e. The summed E-state index contributed by atoms with van der Waals surface area (Å²) in [5, 5.41) is 20.5. The monoisotopic (exact) mass is 1350 g/mol. The van der Waals surface area contributed by atoms with Crippen LogP contribution in [0.1, 0.15) is 124 Å². The number of benzene rings is 3. The minimum absolute atomic E-state index is 0.0335. The van der Waals surface area contributed by atoms with Crippen molar-refractivity contribution in [1.29, 1.82) is 0 Å². The number of aryl methyl sites for hydroxylation is 6. The first-order chi connectivity index (χ1) is 44.3. The highest BCUT2D eigenvalue weighted by Crippen LogP contribution is 2.38. The normalized spacial score (nSPS) is 17.0. The fourth-order valence-electron chi connectivity index (χ4n) is 12.7. The van der Waals surface area contributed by atoms with Gasteiger partial charge in [0.2, 0.25) is 47.9 Å². The maximum absolute atomic E-state index is 13.4. The molecule has 9 N–H and O–H groups in total. The molecule has 3 aliphatic carbocycles. The molecule has 1 aliphatic heterocycles. The van der Waals surface area contributed by atoms with Crippen LogP contribution in [0.2, 0.25) is 0 Å². The number of hydrogen-bond donors (Lipinski definition) is 9. The topological polar surface area (TPSA) is 357 Å². The molecule has 26 nitrogen and oxygen atoms in total. The summed E-state index contributed by atoms with van der Waals surface area (Å²) in [7, 11) is -9.87. The van der Waals surface area contributed by atoms with Crippen molar-refractivity contribution in [2.45, 2.75) is 177 Å². The van der Waals surface area contributed by atoms with Crippen LogP contribution in [0.4, 0.5) is 31.0 Å². The van der Waals surface area contributed by atoms with Gasteiger partial charge in [0.15, 0.2) is 0 Å². The summed E-state index contributed by atoms with van der Waals surface area (Å²) in [4.78, 5) is 22.6. The number of ether oxygens (including phenoxy) is 2. The average molecular weight is 1350 g/mol. The second-order valence-electron chi connectivity index (χ2n) is 24.2. The highest BCUT2D eigenvalue weighted by atomic mass is 32.2. The molecule has 1 unspecified atom stereocenters. The minimum Gasteiger partial charge on any atom is -0.383 e. The Hall–Kier alpha value is -7.46. The van der Waals surface area contributed by atoms with Crippen LogP contribution >= 0.6 is 0 Å². The van der Waals surface area contributed by atoms with Gasteiger partial charge in [-0.25, -0.2) is 54.4 Å². The third-order valence-corrected chi connectivity index (χ3v) is 21.7. The van der Waals surface area contributed by atoms with Crippen molar-refractivity contribution in [3.63, 3.8) is 0 Å². The lowest BCUT2D eigenvalue weighted by atomic mass is 10.0. The van der Waals surface area contributed by atoms with Crippen LogP contribution < -0.4 is 30.1 Å². The van der Waals surface area contributed by atoms with Gasteiger partial charge in [-0.15, -0.1) is 0 Å². The molecule has 9 aromatic rings. The van der Waals surface area contributed by atoms with Gasteiger partial charge in [0, 0.05) is 61.6 Å². The number of H-pyrrole nitrogens is 3. The van der Waals surface area contributed by atoms with E-state index in [0.29, 0.717) is 99.1 Å². The van der Waals surface area contributed by atoms with Crippen molar-refractivity contribution in [2.75, 3.05) is 55.9 Å². The minimum atomic E-state index is -4.44. The van der Waals surface area contributed by atoms with Crippen LogP contribution in [0.5, 0.6) is 0 Å². The van der Waals surface area contributed by atoms with Gasteiger partial charge >= 0.3 is 6.18 Å². The standard InChI is InChI=1S/C22H29N5O4S.C20H27N5O4S.C19H22F3N5O3S/c1-13-20(14(2)31-26-13)15-10-18-21(25-22(24-18)23-12-17-8-5-9-30-17)19(11-15)32(28,29)27-16-6-3-4-7-16;1-12-18(13(2)29-24-12)14-10-16-19(23-20(22-16)21-8-9-28-3)17(11-14)30(26,27)25-15-6-4-5-7-15;1-10-16(11(2)30-26-10)12-7-14-17(25-18(24-14)23-9-19(20,21)22)15(8-12)31(28,29)27-13-5-3-4-6-13/h10-11,16-17,27H,3-9,12H2,1-2H3,(H2,23,24,25);10-11,15,25H,4-9H2,1-3H3,(H2,21,22,23);7-8,13,27H,3-6,9H2,1-2H3,(H2,23,24,25). The third-order valence-electron chi connectivity index (χ3n) is 17.1. The van der Waals surface area contributed by atoms with Crippen LogP contribution in [-0.4, -0.2) is 141 Å². The largest absolute Gasteiger partial charge is 0.405 e. The number of halogens is 3. The smallest absolute Gasteiger partial charge is 0.383 e. The molecular formula is C61H78F3N15O11S3. The fourth-order valence-corrected chi connectivity index (χ4v) is 17.2. The summed E-state index contributed by atoms with van der Waals surface area (Å²) in [6.07, 6.45) is 8.73. The molecule has 6 aromatic heterocycles. The van der Waals surface area contributed by atoms with Crippen molar-refractivity contribution in [3.8, 4) is 33.4 Å². The predicted octanol–water partition coefficient (Wildman–Crippen LogP) is 10.8. The molecule has 3 aromatic carbocycles. The Labute approximate surface area is 536 Å². The first-order valence-electron chi connectivity index (χ1n) is 31.2. The average Bonchev–Trinajstić information content (AvgIpc) is 1.35. The van der Waals surface area contributed by atoms with Crippen molar-refractivity contribution < 1.29 is 61.5 Å². The summed E-state index contributed by atoms with van der Waals surface area (Å²) < 4.78 is 153. The Bertz CT molecular complexity index is 4420. The SMILES string of the molecule is COCCNc1nc2c(S(=O)(=O)NC3CCCC3)cc(-c3c(C)noc3C)cc2[nH]1.Cc1noc(C)c1-c1cc(S(=O)(=O)NC2CCCC2)c2nc(NCC(F)(F)F)[nH]c2c1.Cc1noc(C)c1-c1cc(S(=O)(=O)NC2CCCC2)c2nc(NCC3CCCO3)[nH]c2c1. The molecule has 1 saturated heterocycles. The molecule has 7 heterocycles. The van der Waals surface area contributed by atoms with Crippen LogP contribution in [0.15, 0.2) is 64.7 Å². The van der Waals surface area contributed by atoms with E-state index in [-0.39, 0.29) is 55.9 Å². The molecule has 13 rings (SSSR count). The maximum atomic E-state index is 13.4. The van der Waals surface area contributed by atoms with Crippen molar-refractivity contribution in [2.24, 2.45) is 0 Å². The number of sulfonamides is 3. The predicted molar refractivity (Wildman–Crippen MR) is 343 cm³/mol. The summed E-state index contributed by atoms with van der Waals surface area (Å²) in [6, 6.07) is 9.96. The number of alkyl halides is 3. The van der Waals surface area contributed by atoms with E-state index in [1.165, 1.54) is 6.07 Å². The van der Waals surface area contributed by atoms with Gasteiger partial charge in [-0.3, -0.25) is 0 Å². The van der Waals surface area contributed by atoms with Gasteiger partial charge in [0.1, 0.15) is 55.1 Å². The Morgan fingerprint density at radius 1 is 0.505 bits per heavy atom. The Kier molecular flexibility index (Phi) is 20.1. The zero-order valence-electron chi connectivity index (χ0n) is 52.7. The van der Waals surface area contributed by atoms with E-state index in [0.717, 1.165) is 119 Å². The lowest BCUT2D eigenvalue weighted by Crippen LogP contribution is -2.32. The van der Waals surface area contributed by atoms with E-state index in [9.17, 15) is 38.4 Å². The van der Waals surface area contributed by atoms with Crippen molar-refractivity contribution in [1.82, 2.24) is 59.5 Å². The molecule has 0 bridgehead atoms. The molecule has 4 aliphatic rings. The molecular weight excluding hydrogens is 1270 g/mol. The third kappa shape index (κ3) is 15.5. The second kappa shape index (κ2) is 27.9. The number of hydrogen-bond acceptors (Lipinski definition) is 20. The van der Waals surface area contributed by atoms with Gasteiger partial charge in [0.05, 0.1) is 46.3 Å². The molecule has 93 heavy (non-hydrogen) atoms. The van der Waals surface area contributed by atoms with Gasteiger partial charge in [-0.1, -0.05) is 54.0 Å².